The third kappa shape index (κ3) is 4.65. The molecule has 0 radical (unpaired) electrons. The lowest BCUT2D eigenvalue weighted by Crippen LogP contribution is -2.37. The number of nitrogens with zero attached hydrogens (tertiary/aromatic N) is 3. The Morgan fingerprint density at radius 3 is 2.59 bits per heavy atom. The van der Waals surface area contributed by atoms with Gasteiger partial charge in [0.25, 0.3) is 0 Å². The first-order valence-corrected chi connectivity index (χ1v) is 10.3. The number of aromatic nitrogens is 3. The van der Waals surface area contributed by atoms with Crippen LogP contribution in [0.4, 0.5) is 17.6 Å². The molecule has 13 heteroatoms. The Balaban J connectivity index is 1.92. The second-order valence-corrected chi connectivity index (χ2v) is 8.68. The van der Waals surface area contributed by atoms with E-state index in [9.17, 15) is 27.5 Å². The van der Waals surface area contributed by atoms with Crippen LogP contribution < -0.4 is 0 Å². The van der Waals surface area contributed by atoms with Gasteiger partial charge in [0.1, 0.15) is 23.2 Å². The average Bonchev–Trinajstić information content (AvgIpc) is 3.27. The fraction of sp³-hybridized carbons (Fsp3) is 0.381. The van der Waals surface area contributed by atoms with Crippen LogP contribution in [0.15, 0.2) is 28.9 Å². The van der Waals surface area contributed by atoms with E-state index in [4.69, 9.17) is 25.6 Å². The molecular weight excluding hydrogens is 486 g/mol. The number of halogens is 5. The van der Waals surface area contributed by atoms with E-state index in [1.807, 2.05) is 0 Å². The summed E-state index contributed by atoms with van der Waals surface area (Å²) in [5.41, 5.74) is -4.78. The van der Waals surface area contributed by atoms with Crippen LogP contribution >= 0.6 is 11.6 Å². The summed E-state index contributed by atoms with van der Waals surface area (Å²) < 4.78 is 72.7. The lowest BCUT2D eigenvalue weighted by Gasteiger charge is -2.25. The molecule has 182 valence electrons. The molecule has 0 amide bonds. The van der Waals surface area contributed by atoms with Crippen molar-refractivity contribution in [1.29, 1.82) is 0 Å². The van der Waals surface area contributed by atoms with Crippen LogP contribution in [0.1, 0.15) is 29.9 Å². The Hall–Kier alpha value is -2.96. The van der Waals surface area contributed by atoms with Gasteiger partial charge in [0, 0.05) is 0 Å². The molecule has 0 spiro atoms. The zero-order valence-corrected chi connectivity index (χ0v) is 18.6. The maximum atomic E-state index is 14.6. The van der Waals surface area contributed by atoms with Crippen LogP contribution in [0.2, 0.25) is 5.02 Å². The number of aliphatic hydroxyl groups is 1. The van der Waals surface area contributed by atoms with Crippen molar-refractivity contribution in [3.63, 3.8) is 0 Å². The first kappa shape index (κ1) is 24.2. The summed E-state index contributed by atoms with van der Waals surface area (Å²) in [5, 5.41) is 17.3. The monoisotopic (exact) mass is 503 g/mol. The molecule has 3 aromatic rings. The molecule has 1 aromatic carbocycles. The number of benzene rings is 1. The molecule has 3 heterocycles. The maximum Gasteiger partial charge on any atom is 0.433 e. The number of rotatable bonds is 6. The van der Waals surface area contributed by atoms with E-state index in [1.165, 1.54) is 26.0 Å². The number of hydrogen-bond donors (Lipinski definition) is 1. The highest BCUT2D eigenvalue weighted by Crippen LogP contribution is 2.42. The van der Waals surface area contributed by atoms with Gasteiger partial charge in [-0.1, -0.05) is 22.8 Å². The third-order valence-electron chi connectivity index (χ3n) is 4.87. The molecule has 34 heavy (non-hydrogen) atoms. The van der Waals surface area contributed by atoms with Gasteiger partial charge in [0.05, 0.1) is 47.7 Å². The second kappa shape index (κ2) is 8.67. The molecule has 1 N–H and O–H groups in total. The van der Waals surface area contributed by atoms with Crippen LogP contribution in [0.3, 0.4) is 0 Å². The van der Waals surface area contributed by atoms with Crippen molar-refractivity contribution in [3.05, 3.63) is 46.5 Å². The minimum absolute atomic E-state index is 0.0967. The second-order valence-electron chi connectivity index (χ2n) is 8.27. The highest BCUT2D eigenvalue weighted by Gasteiger charge is 2.43. The van der Waals surface area contributed by atoms with E-state index >= 15 is 0 Å². The van der Waals surface area contributed by atoms with E-state index in [0.29, 0.717) is 4.68 Å². The van der Waals surface area contributed by atoms with E-state index in [2.05, 4.69) is 10.3 Å². The van der Waals surface area contributed by atoms with E-state index in [-0.39, 0.29) is 23.8 Å². The van der Waals surface area contributed by atoms with Gasteiger partial charge in [-0.15, -0.1) is 0 Å². The van der Waals surface area contributed by atoms with Crippen molar-refractivity contribution in [1.82, 2.24) is 14.9 Å². The van der Waals surface area contributed by atoms with Crippen molar-refractivity contribution >= 4 is 17.6 Å². The largest absolute Gasteiger partial charge is 0.454 e. The maximum absolute atomic E-state index is 14.6. The average molecular weight is 504 g/mol. The van der Waals surface area contributed by atoms with Crippen molar-refractivity contribution in [2.24, 2.45) is 0 Å². The van der Waals surface area contributed by atoms with E-state index in [0.717, 1.165) is 12.3 Å². The SMILES string of the molecule is CC(C)(O)Cn1ncc(-c2onc(-c3c(F)cccc3Cl)c2C(=O)OC2COC2)c1C(F)(F)F. The molecule has 0 saturated carbocycles. The molecule has 1 aliphatic rings. The first-order chi connectivity index (χ1) is 15.9. The minimum atomic E-state index is -4.96. The molecule has 0 atom stereocenters. The lowest BCUT2D eigenvalue weighted by molar-refractivity contribution is -0.144. The Bertz CT molecular complexity index is 1210. The van der Waals surface area contributed by atoms with Gasteiger partial charge in [0.15, 0.2) is 11.5 Å². The van der Waals surface area contributed by atoms with Crippen LogP contribution in [0, 0.1) is 5.82 Å². The summed E-state index contributed by atoms with van der Waals surface area (Å²) in [4.78, 5) is 13.0. The number of carbonyl (C=O) groups is 1. The lowest BCUT2D eigenvalue weighted by atomic mass is 10.0. The smallest absolute Gasteiger partial charge is 0.433 e. The topological polar surface area (TPSA) is 99.6 Å². The molecule has 8 nitrogen and oxygen atoms in total. The van der Waals surface area contributed by atoms with Gasteiger partial charge in [-0.3, -0.25) is 4.68 Å². The number of hydrogen-bond acceptors (Lipinski definition) is 7. The predicted molar refractivity (Wildman–Crippen MR) is 109 cm³/mol. The molecular formula is C21H18ClF4N3O5. The third-order valence-corrected chi connectivity index (χ3v) is 5.18. The van der Waals surface area contributed by atoms with Gasteiger partial charge in [-0.05, 0) is 26.0 Å². The van der Waals surface area contributed by atoms with Gasteiger partial charge in [-0.2, -0.15) is 18.3 Å². The Kier molecular flexibility index (Phi) is 6.17. The summed E-state index contributed by atoms with van der Waals surface area (Å²) >= 11 is 6.10. The van der Waals surface area contributed by atoms with Crippen LogP contribution in [-0.4, -0.2) is 50.9 Å². The Labute approximate surface area is 195 Å². The van der Waals surface area contributed by atoms with Crippen LogP contribution in [0.5, 0.6) is 0 Å². The predicted octanol–water partition coefficient (Wildman–Crippen LogP) is 4.34. The molecule has 1 fully saturated rings. The molecule has 4 rings (SSSR count). The van der Waals surface area contributed by atoms with Crippen molar-refractivity contribution in [2.75, 3.05) is 13.2 Å². The van der Waals surface area contributed by atoms with Gasteiger partial charge in [-0.25, -0.2) is 9.18 Å². The number of carbonyl (C=O) groups excluding carboxylic acids is 1. The van der Waals surface area contributed by atoms with Crippen LogP contribution in [-0.2, 0) is 22.2 Å². The zero-order valence-electron chi connectivity index (χ0n) is 17.8. The molecule has 0 unspecified atom stereocenters. The molecule has 1 aliphatic heterocycles. The fourth-order valence-corrected chi connectivity index (χ4v) is 3.64. The molecule has 1 saturated heterocycles. The summed E-state index contributed by atoms with van der Waals surface area (Å²) in [5.74, 6) is -2.60. The van der Waals surface area contributed by atoms with E-state index in [1.54, 1.807) is 0 Å². The quantitative estimate of drug-likeness (QED) is 0.394. The molecule has 0 bridgehead atoms. The minimum Gasteiger partial charge on any atom is -0.454 e. The van der Waals surface area contributed by atoms with Crippen molar-refractivity contribution in [3.8, 4) is 22.6 Å². The molecule has 0 aliphatic carbocycles. The molecule has 2 aromatic heterocycles. The van der Waals surface area contributed by atoms with Gasteiger partial charge < -0.3 is 19.1 Å². The van der Waals surface area contributed by atoms with Crippen LogP contribution in [0.25, 0.3) is 22.6 Å². The number of esters is 1. The summed E-state index contributed by atoms with van der Waals surface area (Å²) in [7, 11) is 0. The Morgan fingerprint density at radius 1 is 1.32 bits per heavy atom. The normalized spacial score (nSPS) is 14.8. The number of alkyl halides is 3. The number of ether oxygens (including phenoxy) is 2. The first-order valence-electron chi connectivity index (χ1n) is 9.95. The summed E-state index contributed by atoms with van der Waals surface area (Å²) in [6, 6.07) is 3.69. The van der Waals surface area contributed by atoms with Gasteiger partial charge >= 0.3 is 12.1 Å². The highest BCUT2D eigenvalue weighted by atomic mass is 35.5. The van der Waals surface area contributed by atoms with Gasteiger partial charge in [0.2, 0.25) is 0 Å². The fourth-order valence-electron chi connectivity index (χ4n) is 3.39. The summed E-state index contributed by atoms with van der Waals surface area (Å²) in [6.07, 6.45) is -4.77. The van der Waals surface area contributed by atoms with Crippen molar-refractivity contribution < 1.29 is 41.5 Å². The van der Waals surface area contributed by atoms with E-state index < -0.39 is 64.5 Å². The highest BCUT2D eigenvalue weighted by molar-refractivity contribution is 6.33. The van der Waals surface area contributed by atoms with Crippen molar-refractivity contribution in [2.45, 2.75) is 38.3 Å². The zero-order chi connectivity index (χ0) is 24.8. The standard InChI is InChI=1S/C21H18ClF4N3O5/c1-20(2,31)9-29-18(21(24,25)26)11(6-27-29)17-15(19(30)33-10-7-32-8-10)16(28-34-17)14-12(22)4-3-5-13(14)23/h3-6,10,31H,7-9H2,1-2H3. The summed E-state index contributed by atoms with van der Waals surface area (Å²) in [6.45, 7) is 2.30. The Morgan fingerprint density at radius 2 is 2.03 bits per heavy atom.